The SMILES string of the molecule is CNC(=O)c1ccc(CNOC)cc1. The zero-order valence-electron chi connectivity index (χ0n) is 8.33. The van der Waals surface area contributed by atoms with Crippen molar-refractivity contribution >= 4 is 5.91 Å². The minimum atomic E-state index is -0.0729. The molecule has 0 atom stereocenters. The number of hydrogen-bond acceptors (Lipinski definition) is 3. The molecular formula is C10H14N2O2. The summed E-state index contributed by atoms with van der Waals surface area (Å²) in [5, 5.41) is 2.56. The number of benzene rings is 1. The molecule has 1 aromatic carbocycles. The monoisotopic (exact) mass is 194 g/mol. The molecule has 0 saturated heterocycles. The van der Waals surface area contributed by atoms with Crippen LogP contribution in [0.4, 0.5) is 0 Å². The van der Waals surface area contributed by atoms with Gasteiger partial charge < -0.3 is 10.2 Å². The van der Waals surface area contributed by atoms with Crippen molar-refractivity contribution in [3.05, 3.63) is 35.4 Å². The quantitative estimate of drug-likeness (QED) is 0.694. The third-order valence-corrected chi connectivity index (χ3v) is 1.86. The molecule has 0 bridgehead atoms. The van der Waals surface area contributed by atoms with Crippen molar-refractivity contribution in [1.82, 2.24) is 10.8 Å². The van der Waals surface area contributed by atoms with E-state index >= 15 is 0 Å². The molecule has 0 radical (unpaired) electrons. The molecule has 0 heterocycles. The fourth-order valence-electron chi connectivity index (χ4n) is 1.07. The summed E-state index contributed by atoms with van der Waals surface area (Å²) >= 11 is 0. The van der Waals surface area contributed by atoms with E-state index in [9.17, 15) is 4.79 Å². The summed E-state index contributed by atoms with van der Waals surface area (Å²) in [5.74, 6) is -0.0729. The number of carbonyl (C=O) groups excluding carboxylic acids is 1. The fraction of sp³-hybridized carbons (Fsp3) is 0.300. The first-order valence-electron chi connectivity index (χ1n) is 4.34. The number of amides is 1. The normalized spacial score (nSPS) is 9.86. The fourth-order valence-corrected chi connectivity index (χ4v) is 1.07. The van der Waals surface area contributed by atoms with Crippen LogP contribution in [0.3, 0.4) is 0 Å². The smallest absolute Gasteiger partial charge is 0.251 e. The first kappa shape index (κ1) is 10.7. The van der Waals surface area contributed by atoms with E-state index < -0.39 is 0 Å². The van der Waals surface area contributed by atoms with Crippen molar-refractivity contribution in [3.8, 4) is 0 Å². The maximum atomic E-state index is 11.2. The zero-order chi connectivity index (χ0) is 10.4. The Labute approximate surface area is 83.2 Å². The van der Waals surface area contributed by atoms with Crippen LogP contribution in [-0.2, 0) is 11.4 Å². The Kier molecular flexibility index (Phi) is 4.10. The van der Waals surface area contributed by atoms with Gasteiger partial charge in [0.15, 0.2) is 0 Å². The maximum Gasteiger partial charge on any atom is 0.251 e. The van der Waals surface area contributed by atoms with Gasteiger partial charge in [0.1, 0.15) is 0 Å². The van der Waals surface area contributed by atoms with Gasteiger partial charge in [-0.2, -0.15) is 5.48 Å². The Balaban J connectivity index is 2.63. The molecular weight excluding hydrogens is 180 g/mol. The zero-order valence-corrected chi connectivity index (χ0v) is 8.33. The van der Waals surface area contributed by atoms with Crippen molar-refractivity contribution in [2.75, 3.05) is 14.2 Å². The van der Waals surface area contributed by atoms with Gasteiger partial charge in [0.25, 0.3) is 5.91 Å². The van der Waals surface area contributed by atoms with Crippen molar-refractivity contribution in [2.45, 2.75) is 6.54 Å². The first-order chi connectivity index (χ1) is 6.77. The van der Waals surface area contributed by atoms with E-state index in [1.165, 1.54) is 0 Å². The molecule has 0 unspecified atom stereocenters. The maximum absolute atomic E-state index is 11.2. The molecule has 1 aromatic rings. The Hall–Kier alpha value is -1.39. The van der Waals surface area contributed by atoms with E-state index in [2.05, 4.69) is 10.8 Å². The second-order valence-electron chi connectivity index (χ2n) is 2.80. The summed E-state index contributed by atoms with van der Waals surface area (Å²) in [4.78, 5) is 15.9. The molecule has 0 spiro atoms. The van der Waals surface area contributed by atoms with E-state index in [1.807, 2.05) is 12.1 Å². The van der Waals surface area contributed by atoms with Crippen LogP contribution in [0.15, 0.2) is 24.3 Å². The molecule has 14 heavy (non-hydrogen) atoms. The van der Waals surface area contributed by atoms with Crippen LogP contribution in [0.5, 0.6) is 0 Å². The van der Waals surface area contributed by atoms with Crippen LogP contribution in [0.2, 0.25) is 0 Å². The molecule has 2 N–H and O–H groups in total. The van der Waals surface area contributed by atoms with Gasteiger partial charge in [0, 0.05) is 19.2 Å². The molecule has 1 amide bonds. The molecule has 0 aliphatic carbocycles. The van der Waals surface area contributed by atoms with E-state index in [-0.39, 0.29) is 5.91 Å². The molecule has 0 aliphatic rings. The Morgan fingerprint density at radius 1 is 1.36 bits per heavy atom. The Bertz CT molecular complexity index is 295. The van der Waals surface area contributed by atoms with Crippen molar-refractivity contribution in [3.63, 3.8) is 0 Å². The summed E-state index contributed by atoms with van der Waals surface area (Å²) in [6.45, 7) is 0.629. The minimum absolute atomic E-state index is 0.0729. The lowest BCUT2D eigenvalue weighted by Crippen LogP contribution is -2.17. The highest BCUT2D eigenvalue weighted by Gasteiger charge is 2.01. The van der Waals surface area contributed by atoms with Gasteiger partial charge >= 0.3 is 0 Å². The van der Waals surface area contributed by atoms with Gasteiger partial charge in [0.05, 0.1) is 7.11 Å². The molecule has 1 rings (SSSR count). The van der Waals surface area contributed by atoms with Gasteiger partial charge in [-0.25, -0.2) is 0 Å². The highest BCUT2D eigenvalue weighted by atomic mass is 16.6. The molecule has 76 valence electrons. The van der Waals surface area contributed by atoms with Crippen LogP contribution >= 0.6 is 0 Å². The largest absolute Gasteiger partial charge is 0.355 e. The number of hydroxylamine groups is 1. The topological polar surface area (TPSA) is 50.4 Å². The van der Waals surface area contributed by atoms with E-state index in [4.69, 9.17) is 4.84 Å². The standard InChI is InChI=1S/C10H14N2O2/c1-11-10(13)9-5-3-8(4-6-9)7-12-14-2/h3-6,12H,7H2,1-2H3,(H,11,13). The summed E-state index contributed by atoms with van der Waals surface area (Å²) < 4.78 is 0. The van der Waals surface area contributed by atoms with E-state index in [1.54, 1.807) is 26.3 Å². The third kappa shape index (κ3) is 2.83. The Morgan fingerprint density at radius 3 is 2.50 bits per heavy atom. The lowest BCUT2D eigenvalue weighted by molar-refractivity contribution is 0.0867. The number of hydrogen-bond donors (Lipinski definition) is 2. The van der Waals surface area contributed by atoms with Crippen LogP contribution in [0.1, 0.15) is 15.9 Å². The van der Waals surface area contributed by atoms with Crippen LogP contribution in [-0.4, -0.2) is 20.1 Å². The van der Waals surface area contributed by atoms with Gasteiger partial charge in [0.2, 0.25) is 0 Å². The van der Waals surface area contributed by atoms with Gasteiger partial charge in [-0.05, 0) is 17.7 Å². The lowest BCUT2D eigenvalue weighted by atomic mass is 10.1. The molecule has 4 heteroatoms. The molecule has 4 nitrogen and oxygen atoms in total. The summed E-state index contributed by atoms with van der Waals surface area (Å²) in [7, 11) is 3.18. The van der Waals surface area contributed by atoms with Gasteiger partial charge in [-0.3, -0.25) is 4.79 Å². The summed E-state index contributed by atoms with van der Waals surface area (Å²) in [6, 6.07) is 7.34. The predicted octanol–water partition coefficient (Wildman–Crippen LogP) is 0.697. The molecule has 0 aliphatic heterocycles. The van der Waals surface area contributed by atoms with Crippen molar-refractivity contribution in [2.24, 2.45) is 0 Å². The molecule has 0 saturated carbocycles. The average Bonchev–Trinajstić information content (AvgIpc) is 2.26. The van der Waals surface area contributed by atoms with E-state index in [0.29, 0.717) is 12.1 Å². The summed E-state index contributed by atoms with van der Waals surface area (Å²) in [5.41, 5.74) is 4.46. The highest BCUT2D eigenvalue weighted by Crippen LogP contribution is 2.03. The van der Waals surface area contributed by atoms with Crippen molar-refractivity contribution < 1.29 is 9.63 Å². The predicted molar refractivity (Wildman–Crippen MR) is 53.7 cm³/mol. The first-order valence-corrected chi connectivity index (χ1v) is 4.34. The number of carbonyl (C=O) groups is 1. The van der Waals surface area contributed by atoms with Crippen molar-refractivity contribution in [1.29, 1.82) is 0 Å². The molecule has 0 aromatic heterocycles. The van der Waals surface area contributed by atoms with Crippen LogP contribution in [0, 0.1) is 0 Å². The van der Waals surface area contributed by atoms with Gasteiger partial charge in [-0.1, -0.05) is 12.1 Å². The second-order valence-corrected chi connectivity index (χ2v) is 2.80. The third-order valence-electron chi connectivity index (χ3n) is 1.86. The Morgan fingerprint density at radius 2 is 2.00 bits per heavy atom. The summed E-state index contributed by atoms with van der Waals surface area (Å²) in [6.07, 6.45) is 0. The van der Waals surface area contributed by atoms with Crippen LogP contribution < -0.4 is 10.8 Å². The van der Waals surface area contributed by atoms with Crippen LogP contribution in [0.25, 0.3) is 0 Å². The number of rotatable bonds is 4. The lowest BCUT2D eigenvalue weighted by Gasteiger charge is -2.03. The molecule has 0 fully saturated rings. The number of nitrogens with one attached hydrogen (secondary N) is 2. The average molecular weight is 194 g/mol. The minimum Gasteiger partial charge on any atom is -0.355 e. The van der Waals surface area contributed by atoms with E-state index in [0.717, 1.165) is 5.56 Å². The van der Waals surface area contributed by atoms with Gasteiger partial charge in [-0.15, -0.1) is 0 Å². The second kappa shape index (κ2) is 5.36. The highest BCUT2D eigenvalue weighted by molar-refractivity contribution is 5.93.